The van der Waals surface area contributed by atoms with Crippen LogP contribution in [0.2, 0.25) is 0 Å². The number of benzene rings is 1. The van der Waals surface area contributed by atoms with Crippen LogP contribution in [0.15, 0.2) is 30.6 Å². The van der Waals surface area contributed by atoms with Gasteiger partial charge in [0.05, 0.1) is 17.4 Å². The molecule has 1 heterocycles. The third-order valence-electron chi connectivity index (χ3n) is 4.24. The number of nitrogens with two attached hydrogens (primary N) is 1. The number of hydrogen-bond acceptors (Lipinski definition) is 2. The van der Waals surface area contributed by atoms with Crippen LogP contribution in [0, 0.1) is 0 Å². The average molecular weight is 269 g/mol. The third-order valence-corrected chi connectivity index (χ3v) is 4.24. The minimum atomic E-state index is -0.447. The van der Waals surface area contributed by atoms with Crippen LogP contribution in [0.3, 0.4) is 0 Å². The number of amides is 1. The Labute approximate surface area is 118 Å². The Morgan fingerprint density at radius 2 is 2.20 bits per heavy atom. The van der Waals surface area contributed by atoms with Gasteiger partial charge in [-0.05, 0) is 34.9 Å². The molecule has 2 N–H and O–H groups in total. The number of hydrogen-bond donors (Lipinski definition) is 1. The zero-order valence-corrected chi connectivity index (χ0v) is 12.1. The summed E-state index contributed by atoms with van der Waals surface area (Å²) >= 11 is 0. The topological polar surface area (TPSA) is 60.9 Å². The molecule has 2 aromatic rings. The Kier molecular flexibility index (Phi) is 2.71. The molecule has 0 spiro atoms. The van der Waals surface area contributed by atoms with E-state index in [9.17, 15) is 4.79 Å². The first-order valence-corrected chi connectivity index (χ1v) is 6.88. The Morgan fingerprint density at radius 1 is 1.45 bits per heavy atom. The highest BCUT2D eigenvalue weighted by molar-refractivity contribution is 5.92. The van der Waals surface area contributed by atoms with Crippen LogP contribution < -0.4 is 5.73 Å². The van der Waals surface area contributed by atoms with E-state index in [1.165, 1.54) is 17.3 Å². The lowest BCUT2D eigenvalue weighted by atomic mass is 9.86. The van der Waals surface area contributed by atoms with Crippen LogP contribution in [-0.4, -0.2) is 15.7 Å². The van der Waals surface area contributed by atoms with Gasteiger partial charge in [0.15, 0.2) is 0 Å². The molecule has 0 bridgehead atoms. The van der Waals surface area contributed by atoms with Crippen molar-refractivity contribution >= 4 is 5.91 Å². The van der Waals surface area contributed by atoms with Crippen molar-refractivity contribution in [3.63, 3.8) is 0 Å². The van der Waals surface area contributed by atoms with E-state index in [0.29, 0.717) is 11.5 Å². The van der Waals surface area contributed by atoms with Gasteiger partial charge in [-0.3, -0.25) is 4.79 Å². The molecule has 1 aliphatic carbocycles. The molecule has 4 nitrogen and oxygen atoms in total. The first-order valence-electron chi connectivity index (χ1n) is 6.88. The number of carbonyl (C=O) groups is 1. The van der Waals surface area contributed by atoms with Crippen molar-refractivity contribution < 1.29 is 4.79 Å². The van der Waals surface area contributed by atoms with Gasteiger partial charge >= 0.3 is 0 Å². The molecule has 0 unspecified atom stereocenters. The number of carbonyl (C=O) groups excluding carboxylic acids is 1. The summed E-state index contributed by atoms with van der Waals surface area (Å²) in [6.45, 7) is 6.80. The van der Waals surface area contributed by atoms with E-state index in [4.69, 9.17) is 5.73 Å². The van der Waals surface area contributed by atoms with E-state index in [-0.39, 0.29) is 5.41 Å². The molecule has 20 heavy (non-hydrogen) atoms. The summed E-state index contributed by atoms with van der Waals surface area (Å²) < 4.78 is 1.76. The largest absolute Gasteiger partial charge is 0.366 e. The predicted molar refractivity (Wildman–Crippen MR) is 78.1 cm³/mol. The molecule has 0 fully saturated rings. The number of aromatic nitrogens is 2. The summed E-state index contributed by atoms with van der Waals surface area (Å²) in [4.78, 5) is 11.2. The molecular formula is C16H19N3O. The Hall–Kier alpha value is -2.10. The maximum Gasteiger partial charge on any atom is 0.251 e. The van der Waals surface area contributed by atoms with Crippen LogP contribution in [0.1, 0.15) is 54.6 Å². The van der Waals surface area contributed by atoms with Crippen molar-refractivity contribution in [2.24, 2.45) is 5.73 Å². The van der Waals surface area contributed by atoms with Crippen LogP contribution in [0.5, 0.6) is 0 Å². The van der Waals surface area contributed by atoms with E-state index in [0.717, 1.165) is 12.1 Å². The third kappa shape index (κ3) is 1.83. The Bertz CT molecular complexity index is 685. The highest BCUT2D eigenvalue weighted by atomic mass is 16.1. The van der Waals surface area contributed by atoms with Gasteiger partial charge in [0.25, 0.3) is 5.91 Å². The zero-order chi connectivity index (χ0) is 14.5. The quantitative estimate of drug-likeness (QED) is 0.911. The molecule has 1 aliphatic rings. The first kappa shape index (κ1) is 12.9. The lowest BCUT2D eigenvalue weighted by Gasteiger charge is -2.19. The van der Waals surface area contributed by atoms with E-state index in [1.807, 2.05) is 0 Å². The molecule has 0 saturated heterocycles. The second-order valence-corrected chi connectivity index (χ2v) is 6.27. The van der Waals surface area contributed by atoms with Crippen LogP contribution in [0.25, 0.3) is 5.69 Å². The summed E-state index contributed by atoms with van der Waals surface area (Å²) in [5, 5.41) is 4.28. The summed E-state index contributed by atoms with van der Waals surface area (Å²) in [5.41, 5.74) is 9.67. The Morgan fingerprint density at radius 3 is 2.85 bits per heavy atom. The molecule has 0 aliphatic heterocycles. The van der Waals surface area contributed by atoms with Gasteiger partial charge in [-0.2, -0.15) is 5.10 Å². The number of nitrogens with zero attached hydrogens (tertiary/aromatic N) is 2. The van der Waals surface area contributed by atoms with Gasteiger partial charge in [0.2, 0.25) is 0 Å². The summed E-state index contributed by atoms with van der Waals surface area (Å²) in [7, 11) is 0. The fourth-order valence-electron chi connectivity index (χ4n) is 3.42. The van der Waals surface area contributed by atoms with E-state index < -0.39 is 5.91 Å². The maximum atomic E-state index is 11.2. The van der Waals surface area contributed by atoms with Crippen molar-refractivity contribution in [3.8, 4) is 5.69 Å². The minimum absolute atomic E-state index is 0.185. The molecule has 1 amide bonds. The van der Waals surface area contributed by atoms with Crippen LogP contribution in [-0.2, 0) is 5.41 Å². The van der Waals surface area contributed by atoms with E-state index >= 15 is 0 Å². The number of fused-ring (bicyclic) bond motifs is 1. The highest BCUT2D eigenvalue weighted by Crippen LogP contribution is 2.47. The lowest BCUT2D eigenvalue weighted by molar-refractivity contribution is 0.100. The molecule has 0 saturated carbocycles. The number of primary amides is 1. The molecule has 3 rings (SSSR count). The number of rotatable bonds is 2. The normalized spacial score (nSPS) is 19.9. The second kappa shape index (κ2) is 4.20. The van der Waals surface area contributed by atoms with Crippen molar-refractivity contribution in [2.75, 3.05) is 0 Å². The van der Waals surface area contributed by atoms with Crippen LogP contribution in [0.4, 0.5) is 0 Å². The van der Waals surface area contributed by atoms with E-state index in [1.54, 1.807) is 10.9 Å². The predicted octanol–water partition coefficient (Wildman–Crippen LogP) is 2.76. The van der Waals surface area contributed by atoms with Gasteiger partial charge < -0.3 is 5.73 Å². The summed E-state index contributed by atoms with van der Waals surface area (Å²) in [6.07, 6.45) is 4.35. The first-order chi connectivity index (χ1) is 9.40. The van der Waals surface area contributed by atoms with Crippen LogP contribution >= 0.6 is 0 Å². The lowest BCUT2D eigenvalue weighted by Crippen LogP contribution is -2.12. The summed E-state index contributed by atoms with van der Waals surface area (Å²) in [6, 6.07) is 6.30. The molecule has 104 valence electrons. The zero-order valence-electron chi connectivity index (χ0n) is 12.1. The van der Waals surface area contributed by atoms with Crippen molar-refractivity contribution in [1.82, 2.24) is 9.78 Å². The van der Waals surface area contributed by atoms with Crippen molar-refractivity contribution in [2.45, 2.75) is 38.5 Å². The molecule has 1 aromatic carbocycles. The smallest absolute Gasteiger partial charge is 0.251 e. The monoisotopic (exact) mass is 269 g/mol. The SMILES string of the molecule is C[C@@H]1CC(C)(C)c2cccc(-n3cc(C(N)=O)cn3)c21. The van der Waals surface area contributed by atoms with E-state index in [2.05, 4.69) is 44.1 Å². The second-order valence-electron chi connectivity index (χ2n) is 6.27. The minimum Gasteiger partial charge on any atom is -0.366 e. The summed E-state index contributed by atoms with van der Waals surface area (Å²) in [5.74, 6) is 0.0367. The Balaban J connectivity index is 2.16. The van der Waals surface area contributed by atoms with Gasteiger partial charge in [0, 0.05) is 6.20 Å². The molecule has 1 aromatic heterocycles. The van der Waals surface area contributed by atoms with Crippen molar-refractivity contribution in [3.05, 3.63) is 47.3 Å². The molecule has 4 heteroatoms. The molecule has 0 radical (unpaired) electrons. The van der Waals surface area contributed by atoms with Gasteiger partial charge in [-0.1, -0.05) is 32.9 Å². The average Bonchev–Trinajstić information content (AvgIpc) is 2.94. The van der Waals surface area contributed by atoms with Crippen molar-refractivity contribution in [1.29, 1.82) is 0 Å². The standard InChI is InChI=1S/C16H19N3O/c1-10-7-16(2,3)12-5-4-6-13(14(10)12)19-9-11(8-18-19)15(17)20/h4-6,8-10H,7H2,1-3H3,(H2,17,20)/t10-/m1/s1. The van der Waals surface area contributed by atoms with Gasteiger partial charge in [0.1, 0.15) is 0 Å². The molecular weight excluding hydrogens is 250 g/mol. The maximum absolute atomic E-state index is 11.2. The highest BCUT2D eigenvalue weighted by Gasteiger charge is 2.36. The molecule has 1 atom stereocenters. The fourth-order valence-corrected chi connectivity index (χ4v) is 3.42. The fraction of sp³-hybridized carbons (Fsp3) is 0.375. The van der Waals surface area contributed by atoms with Gasteiger partial charge in [-0.25, -0.2) is 4.68 Å². The van der Waals surface area contributed by atoms with Gasteiger partial charge in [-0.15, -0.1) is 0 Å².